The number of sulfone groups is 2. The number of carboxylic acids is 1. The lowest BCUT2D eigenvalue weighted by atomic mass is 10.0. The standard InChI is InChI=1S/C14H21NO6S2/c1-9(2)7-12(14(16)17)15-11-6-5-10(22(3,18)19)8-13(11)23(4,20)21/h5-6,8-9,12,15H,7H2,1-4H3,(H,16,17)/t12-/m1/s1. The molecule has 0 aromatic heterocycles. The van der Waals surface area contributed by atoms with Gasteiger partial charge in [-0.3, -0.25) is 0 Å². The zero-order valence-corrected chi connectivity index (χ0v) is 15.0. The molecule has 0 bridgehead atoms. The molecule has 0 spiro atoms. The minimum absolute atomic E-state index is 0.0768. The predicted octanol–water partition coefficient (Wildman–Crippen LogP) is 1.40. The van der Waals surface area contributed by atoms with Crippen molar-refractivity contribution in [2.45, 2.75) is 36.1 Å². The van der Waals surface area contributed by atoms with Crippen LogP contribution in [0.4, 0.5) is 5.69 Å². The minimum Gasteiger partial charge on any atom is -0.480 e. The van der Waals surface area contributed by atoms with Crippen LogP contribution in [0.25, 0.3) is 0 Å². The lowest BCUT2D eigenvalue weighted by Crippen LogP contribution is -2.31. The molecule has 0 amide bonds. The zero-order valence-electron chi connectivity index (χ0n) is 13.4. The fourth-order valence-electron chi connectivity index (χ4n) is 2.04. The van der Waals surface area contributed by atoms with Crippen LogP contribution in [0.15, 0.2) is 28.0 Å². The van der Waals surface area contributed by atoms with Crippen LogP contribution in [0, 0.1) is 5.92 Å². The molecule has 2 N–H and O–H groups in total. The van der Waals surface area contributed by atoms with Crippen molar-refractivity contribution in [3.63, 3.8) is 0 Å². The SMILES string of the molecule is CC(C)C[C@@H](Nc1ccc(S(C)(=O)=O)cc1S(C)(=O)=O)C(=O)O. The number of hydrogen-bond donors (Lipinski definition) is 2. The summed E-state index contributed by atoms with van der Waals surface area (Å²) < 4.78 is 47.0. The third kappa shape index (κ3) is 5.51. The molecule has 1 rings (SSSR count). The first kappa shape index (κ1) is 19.4. The van der Waals surface area contributed by atoms with Crippen LogP contribution < -0.4 is 5.32 Å². The molecule has 9 heteroatoms. The van der Waals surface area contributed by atoms with Gasteiger partial charge in [0.1, 0.15) is 6.04 Å². The smallest absolute Gasteiger partial charge is 0.326 e. The van der Waals surface area contributed by atoms with Crippen LogP contribution in [0.5, 0.6) is 0 Å². The maximum atomic E-state index is 11.9. The Bertz CT molecular complexity index is 797. The number of carboxylic acid groups (broad SMARTS) is 1. The number of hydrogen-bond acceptors (Lipinski definition) is 6. The average molecular weight is 363 g/mol. The highest BCUT2D eigenvalue weighted by Gasteiger charge is 2.23. The Morgan fingerprint density at radius 1 is 1.13 bits per heavy atom. The maximum absolute atomic E-state index is 11.9. The van der Waals surface area contributed by atoms with Gasteiger partial charge in [0.15, 0.2) is 19.7 Å². The molecule has 7 nitrogen and oxygen atoms in total. The van der Waals surface area contributed by atoms with Crippen LogP contribution in [-0.4, -0.2) is 46.5 Å². The second kappa shape index (κ2) is 6.88. The molecule has 0 unspecified atom stereocenters. The van der Waals surface area contributed by atoms with Gasteiger partial charge in [0.25, 0.3) is 0 Å². The summed E-state index contributed by atoms with van der Waals surface area (Å²) in [6.07, 6.45) is 2.21. The first-order valence-electron chi connectivity index (χ1n) is 6.86. The molecule has 0 heterocycles. The van der Waals surface area contributed by atoms with E-state index in [0.29, 0.717) is 6.42 Å². The van der Waals surface area contributed by atoms with Crippen LogP contribution in [-0.2, 0) is 24.5 Å². The molecule has 0 fully saturated rings. The molecule has 0 aliphatic heterocycles. The molecule has 130 valence electrons. The molecule has 23 heavy (non-hydrogen) atoms. The van der Waals surface area contributed by atoms with Gasteiger partial charge in [0, 0.05) is 12.5 Å². The highest BCUT2D eigenvalue weighted by molar-refractivity contribution is 7.91. The van der Waals surface area contributed by atoms with Gasteiger partial charge < -0.3 is 10.4 Å². The summed E-state index contributed by atoms with van der Waals surface area (Å²) in [5, 5.41) is 11.9. The fourth-order valence-corrected chi connectivity index (χ4v) is 3.63. The van der Waals surface area contributed by atoms with Crippen LogP contribution in [0.3, 0.4) is 0 Å². The van der Waals surface area contributed by atoms with E-state index >= 15 is 0 Å². The lowest BCUT2D eigenvalue weighted by molar-refractivity contribution is -0.138. The first-order chi connectivity index (χ1) is 10.3. The molecule has 0 saturated heterocycles. The number of benzene rings is 1. The summed E-state index contributed by atoms with van der Waals surface area (Å²) in [7, 11) is -7.31. The van der Waals surface area contributed by atoms with Crippen molar-refractivity contribution >= 4 is 31.3 Å². The van der Waals surface area contributed by atoms with Crippen molar-refractivity contribution in [3.05, 3.63) is 18.2 Å². The first-order valence-corrected chi connectivity index (χ1v) is 10.6. The fraction of sp³-hybridized carbons (Fsp3) is 0.500. The summed E-state index contributed by atoms with van der Waals surface area (Å²) >= 11 is 0. The van der Waals surface area contributed by atoms with E-state index in [1.807, 2.05) is 13.8 Å². The number of rotatable bonds is 7. The van der Waals surface area contributed by atoms with Crippen molar-refractivity contribution in [1.82, 2.24) is 0 Å². The highest BCUT2D eigenvalue weighted by Crippen LogP contribution is 2.26. The largest absolute Gasteiger partial charge is 0.480 e. The van der Waals surface area contributed by atoms with E-state index in [2.05, 4.69) is 5.32 Å². The second-order valence-corrected chi connectivity index (χ2v) is 9.87. The number of anilines is 1. The lowest BCUT2D eigenvalue weighted by Gasteiger charge is -2.19. The number of carbonyl (C=O) groups is 1. The second-order valence-electron chi connectivity index (χ2n) is 5.87. The molecular weight excluding hydrogens is 342 g/mol. The molecule has 0 aliphatic carbocycles. The highest BCUT2D eigenvalue weighted by atomic mass is 32.2. The molecule has 1 aromatic carbocycles. The summed E-state index contributed by atoms with van der Waals surface area (Å²) in [4.78, 5) is 10.9. The van der Waals surface area contributed by atoms with E-state index in [4.69, 9.17) is 0 Å². The molecule has 0 saturated carbocycles. The van der Waals surface area contributed by atoms with E-state index in [9.17, 15) is 26.7 Å². The van der Waals surface area contributed by atoms with E-state index in [0.717, 1.165) is 18.6 Å². The van der Waals surface area contributed by atoms with Crippen molar-refractivity contribution in [1.29, 1.82) is 0 Å². The zero-order chi connectivity index (χ0) is 18.0. The van der Waals surface area contributed by atoms with Gasteiger partial charge in [0.2, 0.25) is 0 Å². The summed E-state index contributed by atoms with van der Waals surface area (Å²) in [5.41, 5.74) is 0.0768. The van der Waals surface area contributed by atoms with Crippen LogP contribution in [0.2, 0.25) is 0 Å². The molecule has 1 atom stereocenters. The van der Waals surface area contributed by atoms with Crippen molar-refractivity contribution in [2.24, 2.45) is 5.92 Å². The van der Waals surface area contributed by atoms with E-state index in [-0.39, 0.29) is 21.4 Å². The normalized spacial score (nSPS) is 13.8. The topological polar surface area (TPSA) is 118 Å². The van der Waals surface area contributed by atoms with Gasteiger partial charge in [-0.2, -0.15) is 0 Å². The summed E-state index contributed by atoms with van der Waals surface area (Å²) in [6, 6.07) is 2.60. The monoisotopic (exact) mass is 363 g/mol. The Balaban J connectivity index is 3.38. The van der Waals surface area contributed by atoms with E-state index in [1.165, 1.54) is 12.1 Å². The minimum atomic E-state index is -3.74. The van der Waals surface area contributed by atoms with Crippen molar-refractivity contribution in [3.8, 4) is 0 Å². The quantitative estimate of drug-likeness (QED) is 0.752. The van der Waals surface area contributed by atoms with E-state index < -0.39 is 31.7 Å². The van der Waals surface area contributed by atoms with Gasteiger partial charge in [0.05, 0.1) is 15.5 Å². The predicted molar refractivity (Wildman–Crippen MR) is 87.2 cm³/mol. The van der Waals surface area contributed by atoms with Crippen molar-refractivity contribution < 1.29 is 26.7 Å². The van der Waals surface area contributed by atoms with Gasteiger partial charge >= 0.3 is 5.97 Å². The van der Waals surface area contributed by atoms with Gasteiger partial charge in [-0.05, 0) is 30.5 Å². The molecule has 0 aliphatic rings. The Morgan fingerprint density at radius 2 is 1.70 bits per heavy atom. The molecular formula is C14H21NO6S2. The van der Waals surface area contributed by atoms with E-state index in [1.54, 1.807) is 0 Å². The van der Waals surface area contributed by atoms with Gasteiger partial charge in [-0.1, -0.05) is 13.8 Å². The number of aliphatic carboxylic acids is 1. The van der Waals surface area contributed by atoms with Gasteiger partial charge in [-0.25, -0.2) is 21.6 Å². The van der Waals surface area contributed by atoms with Gasteiger partial charge in [-0.15, -0.1) is 0 Å². The van der Waals surface area contributed by atoms with Crippen LogP contribution in [0.1, 0.15) is 20.3 Å². The third-order valence-corrected chi connectivity index (χ3v) is 5.36. The Hall–Kier alpha value is -1.61. The Kier molecular flexibility index (Phi) is 5.81. The Morgan fingerprint density at radius 3 is 2.09 bits per heavy atom. The Labute approximate surface area is 136 Å². The van der Waals surface area contributed by atoms with Crippen molar-refractivity contribution in [2.75, 3.05) is 17.8 Å². The maximum Gasteiger partial charge on any atom is 0.326 e. The third-order valence-electron chi connectivity index (χ3n) is 3.12. The molecule has 0 radical (unpaired) electrons. The number of nitrogens with one attached hydrogen (secondary N) is 1. The average Bonchev–Trinajstić information content (AvgIpc) is 2.35. The van der Waals surface area contributed by atoms with Crippen LogP contribution >= 0.6 is 0 Å². The summed E-state index contributed by atoms with van der Waals surface area (Å²) in [6.45, 7) is 3.70. The molecule has 1 aromatic rings. The summed E-state index contributed by atoms with van der Waals surface area (Å²) in [5.74, 6) is -1.02.